The molecule has 1 aliphatic carbocycles. The number of nitrogens with one attached hydrogen (secondary N) is 2. The number of hydrogen-bond acceptors (Lipinski definition) is 6. The number of sulfonamides is 1. The van der Waals surface area contributed by atoms with Gasteiger partial charge in [0.1, 0.15) is 10.6 Å². The molecule has 2 N–H and O–H groups in total. The van der Waals surface area contributed by atoms with Gasteiger partial charge >= 0.3 is 5.97 Å². The number of benzene rings is 1. The molecule has 1 aromatic carbocycles. The smallest absolute Gasteiger partial charge is 0.338 e. The van der Waals surface area contributed by atoms with Crippen LogP contribution in [0, 0.1) is 0 Å². The van der Waals surface area contributed by atoms with Gasteiger partial charge in [0.05, 0.1) is 12.7 Å². The van der Waals surface area contributed by atoms with Gasteiger partial charge in [-0.05, 0) is 51.3 Å². The van der Waals surface area contributed by atoms with Crippen LogP contribution in [0.5, 0.6) is 5.75 Å². The van der Waals surface area contributed by atoms with Gasteiger partial charge in [0.15, 0.2) is 6.61 Å². The molecule has 0 heterocycles. The number of rotatable bonds is 9. The minimum Gasteiger partial charge on any atom is -0.495 e. The molecule has 0 bridgehead atoms. The second-order valence-electron chi connectivity index (χ2n) is 7.12. The first-order valence-electron chi connectivity index (χ1n) is 8.76. The average Bonchev–Trinajstić information content (AvgIpc) is 3.42. The van der Waals surface area contributed by atoms with Crippen molar-refractivity contribution in [3.05, 3.63) is 23.8 Å². The van der Waals surface area contributed by atoms with Gasteiger partial charge in [0.25, 0.3) is 5.91 Å². The summed E-state index contributed by atoms with van der Waals surface area (Å²) >= 11 is 0. The molecular weight excluding hydrogens is 372 g/mol. The zero-order valence-corrected chi connectivity index (χ0v) is 16.8. The van der Waals surface area contributed by atoms with Gasteiger partial charge in [0.2, 0.25) is 10.0 Å². The Morgan fingerprint density at radius 2 is 1.93 bits per heavy atom. The number of carbonyl (C=O) groups is 2. The van der Waals surface area contributed by atoms with Gasteiger partial charge < -0.3 is 14.8 Å². The highest BCUT2D eigenvalue weighted by Crippen LogP contribution is 2.28. The third-order valence-electron chi connectivity index (χ3n) is 4.28. The number of carbonyl (C=O) groups excluding carboxylic acids is 2. The summed E-state index contributed by atoms with van der Waals surface area (Å²) < 4.78 is 37.6. The van der Waals surface area contributed by atoms with Crippen LogP contribution in [0.15, 0.2) is 23.1 Å². The largest absolute Gasteiger partial charge is 0.495 e. The summed E-state index contributed by atoms with van der Waals surface area (Å²) in [6, 6.07) is 3.89. The van der Waals surface area contributed by atoms with Gasteiger partial charge in [-0.15, -0.1) is 0 Å². The molecule has 0 saturated heterocycles. The van der Waals surface area contributed by atoms with Gasteiger partial charge in [-0.1, -0.05) is 6.92 Å². The molecule has 0 unspecified atom stereocenters. The SMILES string of the molecule is CCC(C)(C)NC(=O)COC(=O)c1ccc(OC)c(S(=O)(=O)NC2CC2)c1. The molecule has 9 heteroatoms. The minimum atomic E-state index is -3.82. The molecular formula is C18H26N2O6S. The van der Waals surface area contributed by atoms with Crippen LogP contribution in [0.2, 0.25) is 0 Å². The van der Waals surface area contributed by atoms with Crippen LogP contribution < -0.4 is 14.8 Å². The zero-order valence-electron chi connectivity index (χ0n) is 16.0. The van der Waals surface area contributed by atoms with Gasteiger partial charge in [0, 0.05) is 11.6 Å². The summed E-state index contributed by atoms with van der Waals surface area (Å²) in [6.45, 7) is 5.21. The topological polar surface area (TPSA) is 111 Å². The van der Waals surface area contributed by atoms with E-state index in [0.29, 0.717) is 0 Å². The fourth-order valence-electron chi connectivity index (χ4n) is 2.21. The third-order valence-corrected chi connectivity index (χ3v) is 5.83. The summed E-state index contributed by atoms with van der Waals surface area (Å²) in [7, 11) is -2.47. The van der Waals surface area contributed by atoms with Crippen molar-refractivity contribution in [2.75, 3.05) is 13.7 Å². The Morgan fingerprint density at radius 3 is 2.48 bits per heavy atom. The van der Waals surface area contributed by atoms with E-state index in [1.165, 1.54) is 25.3 Å². The van der Waals surface area contributed by atoms with E-state index in [4.69, 9.17) is 9.47 Å². The molecule has 1 fully saturated rings. The van der Waals surface area contributed by atoms with Crippen molar-refractivity contribution in [3.63, 3.8) is 0 Å². The van der Waals surface area contributed by atoms with E-state index in [2.05, 4.69) is 10.0 Å². The fourth-order valence-corrected chi connectivity index (χ4v) is 3.71. The minimum absolute atomic E-state index is 0.0227. The molecule has 0 aromatic heterocycles. The number of hydrogen-bond donors (Lipinski definition) is 2. The highest BCUT2D eigenvalue weighted by atomic mass is 32.2. The quantitative estimate of drug-likeness (QED) is 0.611. The van der Waals surface area contributed by atoms with Gasteiger partial charge in [-0.3, -0.25) is 4.79 Å². The molecule has 0 spiro atoms. The molecule has 0 radical (unpaired) electrons. The molecule has 2 rings (SSSR count). The monoisotopic (exact) mass is 398 g/mol. The van der Waals surface area contributed by atoms with E-state index in [1.807, 2.05) is 20.8 Å². The van der Waals surface area contributed by atoms with Crippen LogP contribution in [-0.2, 0) is 19.6 Å². The summed E-state index contributed by atoms with van der Waals surface area (Å²) in [5.41, 5.74) is -0.381. The molecule has 0 aliphatic heterocycles. The van der Waals surface area contributed by atoms with E-state index in [1.54, 1.807) is 0 Å². The lowest BCUT2D eigenvalue weighted by molar-refractivity contribution is -0.125. The van der Waals surface area contributed by atoms with Crippen molar-refractivity contribution in [1.29, 1.82) is 0 Å². The van der Waals surface area contributed by atoms with E-state index in [0.717, 1.165) is 19.3 Å². The summed E-state index contributed by atoms with van der Waals surface area (Å²) in [5, 5.41) is 2.75. The Labute approximate surface area is 159 Å². The molecule has 150 valence electrons. The summed E-state index contributed by atoms with van der Waals surface area (Å²) in [5.74, 6) is -1.08. The second kappa shape index (κ2) is 8.26. The van der Waals surface area contributed by atoms with Crippen LogP contribution in [0.3, 0.4) is 0 Å². The van der Waals surface area contributed by atoms with Crippen molar-refractivity contribution in [1.82, 2.24) is 10.0 Å². The normalized spacial score (nSPS) is 14.5. The molecule has 1 amide bonds. The first-order chi connectivity index (χ1) is 12.6. The molecule has 0 atom stereocenters. The van der Waals surface area contributed by atoms with Crippen LogP contribution in [0.1, 0.15) is 50.4 Å². The predicted octanol–water partition coefficient (Wildman–Crippen LogP) is 1.60. The van der Waals surface area contributed by atoms with E-state index in [-0.39, 0.29) is 22.3 Å². The predicted molar refractivity (Wildman–Crippen MR) is 99.1 cm³/mol. The van der Waals surface area contributed by atoms with Crippen LogP contribution in [-0.4, -0.2) is 45.6 Å². The average molecular weight is 398 g/mol. The Hall–Kier alpha value is -2.13. The van der Waals surface area contributed by atoms with Crippen molar-refractivity contribution < 1.29 is 27.5 Å². The summed E-state index contributed by atoms with van der Waals surface area (Å²) in [4.78, 5) is 24.0. The van der Waals surface area contributed by atoms with Crippen LogP contribution >= 0.6 is 0 Å². The summed E-state index contributed by atoms with van der Waals surface area (Å²) in [6.07, 6.45) is 2.29. The lowest BCUT2D eigenvalue weighted by atomic mass is 10.0. The standard InChI is InChI=1S/C18H26N2O6S/c1-5-18(2,3)19-16(21)11-26-17(22)12-6-9-14(25-4)15(10-12)27(23,24)20-13-7-8-13/h6,9-10,13,20H,5,7-8,11H2,1-4H3,(H,19,21). The lowest BCUT2D eigenvalue weighted by Crippen LogP contribution is -2.44. The Kier molecular flexibility index (Phi) is 6.48. The molecule has 1 aromatic rings. The van der Waals surface area contributed by atoms with E-state index in [9.17, 15) is 18.0 Å². The molecule has 27 heavy (non-hydrogen) atoms. The van der Waals surface area contributed by atoms with Crippen LogP contribution in [0.25, 0.3) is 0 Å². The molecule has 8 nitrogen and oxygen atoms in total. The Bertz CT molecular complexity index is 815. The first-order valence-corrected chi connectivity index (χ1v) is 10.2. The Balaban J connectivity index is 2.10. The van der Waals surface area contributed by atoms with E-state index >= 15 is 0 Å². The maximum absolute atomic E-state index is 12.5. The van der Waals surface area contributed by atoms with Gasteiger partial charge in [-0.25, -0.2) is 17.9 Å². The highest BCUT2D eigenvalue weighted by molar-refractivity contribution is 7.89. The van der Waals surface area contributed by atoms with Crippen molar-refractivity contribution in [3.8, 4) is 5.75 Å². The third kappa shape index (κ3) is 5.93. The van der Waals surface area contributed by atoms with E-state index < -0.39 is 34.0 Å². The lowest BCUT2D eigenvalue weighted by Gasteiger charge is -2.24. The number of esters is 1. The zero-order chi connectivity index (χ0) is 20.2. The first kappa shape index (κ1) is 21.2. The second-order valence-corrected chi connectivity index (χ2v) is 8.81. The highest BCUT2D eigenvalue weighted by Gasteiger charge is 2.30. The van der Waals surface area contributed by atoms with Crippen molar-refractivity contribution >= 4 is 21.9 Å². The number of amides is 1. The van der Waals surface area contributed by atoms with Crippen molar-refractivity contribution in [2.24, 2.45) is 0 Å². The maximum Gasteiger partial charge on any atom is 0.338 e. The number of methoxy groups -OCH3 is 1. The van der Waals surface area contributed by atoms with Gasteiger partial charge in [-0.2, -0.15) is 0 Å². The van der Waals surface area contributed by atoms with Crippen molar-refractivity contribution in [2.45, 2.75) is 56.5 Å². The number of ether oxygens (including phenoxy) is 2. The fraction of sp³-hybridized carbons (Fsp3) is 0.556. The molecule has 1 saturated carbocycles. The maximum atomic E-state index is 12.5. The Morgan fingerprint density at radius 1 is 1.26 bits per heavy atom. The molecule has 1 aliphatic rings. The van der Waals surface area contributed by atoms with Crippen LogP contribution in [0.4, 0.5) is 0 Å².